The van der Waals surface area contributed by atoms with E-state index in [0.717, 1.165) is 37.0 Å². The van der Waals surface area contributed by atoms with Gasteiger partial charge in [-0.15, -0.1) is 12.4 Å². The van der Waals surface area contributed by atoms with Gasteiger partial charge < -0.3 is 15.8 Å². The molecule has 1 aromatic carbocycles. The van der Waals surface area contributed by atoms with Crippen LogP contribution >= 0.6 is 12.4 Å². The second-order valence-electron chi connectivity index (χ2n) is 6.81. The lowest BCUT2D eigenvalue weighted by atomic mass is 9.97. The number of unbranched alkanes of at least 4 members (excludes halogenated alkanes) is 1. The molecule has 5 heteroatoms. The van der Waals surface area contributed by atoms with Crippen molar-refractivity contribution in [2.45, 2.75) is 64.3 Å². The Morgan fingerprint density at radius 1 is 1.25 bits per heavy atom. The van der Waals surface area contributed by atoms with Gasteiger partial charge in [-0.3, -0.25) is 4.79 Å². The molecule has 1 aliphatic rings. The molecule has 0 spiro atoms. The molecule has 0 saturated heterocycles. The van der Waals surface area contributed by atoms with Gasteiger partial charge >= 0.3 is 0 Å². The highest BCUT2D eigenvalue weighted by molar-refractivity contribution is 5.85. The van der Waals surface area contributed by atoms with Crippen molar-refractivity contribution in [1.82, 2.24) is 5.32 Å². The van der Waals surface area contributed by atoms with Crippen LogP contribution in [0.2, 0.25) is 0 Å². The van der Waals surface area contributed by atoms with Gasteiger partial charge in [0.2, 0.25) is 5.91 Å². The quantitative estimate of drug-likeness (QED) is 0.700. The Labute approximate surface area is 151 Å². The third-order valence-electron chi connectivity index (χ3n) is 4.76. The van der Waals surface area contributed by atoms with Crippen LogP contribution in [0.4, 0.5) is 0 Å². The molecule has 1 amide bonds. The molecule has 24 heavy (non-hydrogen) atoms. The van der Waals surface area contributed by atoms with E-state index in [1.54, 1.807) is 0 Å². The lowest BCUT2D eigenvalue weighted by molar-refractivity contribution is -0.123. The Kier molecular flexibility index (Phi) is 8.57. The third-order valence-corrected chi connectivity index (χ3v) is 4.76. The van der Waals surface area contributed by atoms with E-state index in [-0.39, 0.29) is 23.9 Å². The molecule has 1 fully saturated rings. The first-order valence-corrected chi connectivity index (χ1v) is 8.76. The fourth-order valence-corrected chi connectivity index (χ4v) is 3.22. The predicted octanol–water partition coefficient (Wildman–Crippen LogP) is 3.66. The lowest BCUT2D eigenvalue weighted by Gasteiger charge is -2.28. The number of halogens is 1. The van der Waals surface area contributed by atoms with Crippen molar-refractivity contribution in [3.63, 3.8) is 0 Å². The van der Waals surface area contributed by atoms with Gasteiger partial charge in [-0.1, -0.05) is 25.0 Å². The minimum Gasteiger partial charge on any atom is -0.493 e. The number of carbonyl (C=O) groups excluding carboxylic acids is 1. The van der Waals surface area contributed by atoms with Gasteiger partial charge in [0.15, 0.2) is 0 Å². The smallest absolute Gasteiger partial charge is 0.220 e. The van der Waals surface area contributed by atoms with Crippen molar-refractivity contribution in [3.8, 4) is 5.75 Å². The van der Waals surface area contributed by atoms with Gasteiger partial charge in [0.05, 0.1) is 12.1 Å². The Hall–Kier alpha value is -1.26. The van der Waals surface area contributed by atoms with Crippen LogP contribution in [0.25, 0.3) is 0 Å². The maximum absolute atomic E-state index is 12.1. The number of rotatable bonds is 8. The number of benzene rings is 1. The van der Waals surface area contributed by atoms with Gasteiger partial charge in [-0.25, -0.2) is 0 Å². The van der Waals surface area contributed by atoms with Crippen molar-refractivity contribution in [2.24, 2.45) is 5.73 Å². The van der Waals surface area contributed by atoms with Crippen LogP contribution < -0.4 is 15.8 Å². The Morgan fingerprint density at radius 3 is 2.62 bits per heavy atom. The number of hydrogen-bond donors (Lipinski definition) is 2. The van der Waals surface area contributed by atoms with E-state index in [1.807, 2.05) is 0 Å². The van der Waals surface area contributed by atoms with Gasteiger partial charge in [-0.05, 0) is 56.7 Å². The molecule has 3 N–H and O–H groups in total. The highest BCUT2D eigenvalue weighted by Crippen LogP contribution is 2.28. The van der Waals surface area contributed by atoms with E-state index >= 15 is 0 Å². The largest absolute Gasteiger partial charge is 0.493 e. The van der Waals surface area contributed by atoms with E-state index in [1.165, 1.54) is 18.4 Å². The van der Waals surface area contributed by atoms with Crippen LogP contribution in [0.15, 0.2) is 18.2 Å². The number of aryl methyl sites for hydroxylation is 2. The lowest BCUT2D eigenvalue weighted by Crippen LogP contribution is -2.51. The summed E-state index contributed by atoms with van der Waals surface area (Å²) in [6.45, 7) is 5.32. The highest BCUT2D eigenvalue weighted by Gasteiger charge is 2.33. The zero-order valence-electron chi connectivity index (χ0n) is 14.9. The minimum atomic E-state index is -0.133. The molecule has 0 atom stereocenters. The molecular formula is C19H31ClN2O2. The molecule has 136 valence electrons. The summed E-state index contributed by atoms with van der Waals surface area (Å²) in [7, 11) is 0. The van der Waals surface area contributed by atoms with Crippen molar-refractivity contribution < 1.29 is 9.53 Å². The summed E-state index contributed by atoms with van der Waals surface area (Å²) in [5, 5.41) is 3.16. The second-order valence-corrected chi connectivity index (χ2v) is 6.81. The molecule has 2 rings (SSSR count). The fraction of sp³-hybridized carbons (Fsp3) is 0.632. The minimum absolute atomic E-state index is 0. The molecule has 0 heterocycles. The Bertz CT molecular complexity index is 528. The summed E-state index contributed by atoms with van der Waals surface area (Å²) < 4.78 is 5.82. The Balaban J connectivity index is 0.00000288. The average Bonchev–Trinajstić information content (AvgIpc) is 2.99. The summed E-state index contributed by atoms with van der Waals surface area (Å²) >= 11 is 0. The number of carbonyl (C=O) groups is 1. The van der Waals surface area contributed by atoms with E-state index in [4.69, 9.17) is 10.5 Å². The van der Waals surface area contributed by atoms with Crippen LogP contribution in [0.1, 0.15) is 56.1 Å². The summed E-state index contributed by atoms with van der Waals surface area (Å²) in [6, 6.07) is 6.22. The maximum atomic E-state index is 12.1. The molecule has 1 saturated carbocycles. The first-order valence-electron chi connectivity index (χ1n) is 8.76. The van der Waals surface area contributed by atoms with Crippen LogP contribution in [-0.2, 0) is 4.79 Å². The number of nitrogens with one attached hydrogen (secondary N) is 1. The Morgan fingerprint density at radius 2 is 1.96 bits per heavy atom. The van der Waals surface area contributed by atoms with E-state index in [9.17, 15) is 4.79 Å². The summed E-state index contributed by atoms with van der Waals surface area (Å²) in [4.78, 5) is 12.1. The standard InChI is InChI=1S/C19H30N2O2.ClH/c1-15-8-9-16(2)17(13-15)23-12-6-3-7-18(22)21-19(14-20)10-4-5-11-19;/h8-9,13H,3-7,10-12,14,20H2,1-2H3,(H,21,22);1H. The number of amides is 1. The molecule has 1 aromatic rings. The van der Waals surface area contributed by atoms with Crippen molar-refractivity contribution in [3.05, 3.63) is 29.3 Å². The second kappa shape index (κ2) is 9.90. The van der Waals surface area contributed by atoms with Crippen molar-refractivity contribution >= 4 is 18.3 Å². The first-order chi connectivity index (χ1) is 11.0. The van der Waals surface area contributed by atoms with Crippen molar-refractivity contribution in [2.75, 3.05) is 13.2 Å². The topological polar surface area (TPSA) is 64.3 Å². The number of ether oxygens (including phenoxy) is 1. The fourth-order valence-electron chi connectivity index (χ4n) is 3.22. The molecule has 0 bridgehead atoms. The zero-order chi connectivity index (χ0) is 16.7. The first kappa shape index (κ1) is 20.8. The monoisotopic (exact) mass is 354 g/mol. The SMILES string of the molecule is Cc1ccc(C)c(OCCCCC(=O)NC2(CN)CCCC2)c1.Cl. The van der Waals surface area contributed by atoms with Crippen LogP contribution in [0.5, 0.6) is 5.75 Å². The number of nitrogens with two attached hydrogens (primary N) is 1. The van der Waals surface area contributed by atoms with Crippen LogP contribution in [-0.4, -0.2) is 24.6 Å². The van der Waals surface area contributed by atoms with Crippen LogP contribution in [0.3, 0.4) is 0 Å². The molecule has 0 radical (unpaired) electrons. The van der Waals surface area contributed by atoms with Crippen molar-refractivity contribution in [1.29, 1.82) is 0 Å². The molecule has 0 aliphatic heterocycles. The summed E-state index contributed by atoms with van der Waals surface area (Å²) in [5.41, 5.74) is 8.07. The summed E-state index contributed by atoms with van der Waals surface area (Å²) in [6.07, 6.45) is 6.66. The van der Waals surface area contributed by atoms with E-state index in [0.29, 0.717) is 19.6 Å². The molecule has 0 unspecified atom stereocenters. The third kappa shape index (κ3) is 5.99. The van der Waals surface area contributed by atoms with E-state index in [2.05, 4.69) is 37.4 Å². The molecule has 1 aliphatic carbocycles. The maximum Gasteiger partial charge on any atom is 0.220 e. The van der Waals surface area contributed by atoms with Gasteiger partial charge in [0.25, 0.3) is 0 Å². The highest BCUT2D eigenvalue weighted by atomic mass is 35.5. The van der Waals surface area contributed by atoms with Gasteiger partial charge in [0.1, 0.15) is 5.75 Å². The molecule has 0 aromatic heterocycles. The average molecular weight is 355 g/mol. The summed E-state index contributed by atoms with van der Waals surface area (Å²) in [5.74, 6) is 1.08. The van der Waals surface area contributed by atoms with Gasteiger partial charge in [-0.2, -0.15) is 0 Å². The number of hydrogen-bond acceptors (Lipinski definition) is 3. The van der Waals surface area contributed by atoms with Crippen LogP contribution in [0, 0.1) is 13.8 Å². The zero-order valence-corrected chi connectivity index (χ0v) is 15.7. The normalized spacial score (nSPS) is 15.6. The molecule has 4 nitrogen and oxygen atoms in total. The van der Waals surface area contributed by atoms with Gasteiger partial charge in [0, 0.05) is 13.0 Å². The molecular weight excluding hydrogens is 324 g/mol. The van der Waals surface area contributed by atoms with E-state index < -0.39 is 0 Å². The predicted molar refractivity (Wildman–Crippen MR) is 101 cm³/mol.